The zero-order valence-corrected chi connectivity index (χ0v) is 22.2. The molecule has 40 heavy (non-hydrogen) atoms. The number of carbonyl (C=O) groups excluding carboxylic acids is 2. The van der Waals surface area contributed by atoms with E-state index in [4.69, 9.17) is 0 Å². The van der Waals surface area contributed by atoms with E-state index >= 15 is 0 Å². The van der Waals surface area contributed by atoms with Gasteiger partial charge < -0.3 is 0 Å². The van der Waals surface area contributed by atoms with Gasteiger partial charge in [-0.15, -0.1) is 0 Å². The molecule has 2 nitrogen and oxygen atoms in total. The van der Waals surface area contributed by atoms with Crippen LogP contribution in [-0.4, -0.2) is 11.6 Å². The molecule has 4 aliphatic rings. The molecule has 0 saturated carbocycles. The van der Waals surface area contributed by atoms with E-state index in [0.29, 0.717) is 6.42 Å². The zero-order valence-electron chi connectivity index (χ0n) is 22.2. The van der Waals surface area contributed by atoms with Crippen molar-refractivity contribution in [3.05, 3.63) is 130 Å². The van der Waals surface area contributed by atoms with Gasteiger partial charge in [-0.1, -0.05) is 104 Å². The number of hydrogen-bond donors (Lipinski definition) is 0. The average molecular weight is 515 g/mol. The van der Waals surface area contributed by atoms with Crippen molar-refractivity contribution in [1.82, 2.24) is 0 Å². The lowest BCUT2D eigenvalue weighted by molar-refractivity contribution is 0.0905. The molecule has 0 fully saturated rings. The van der Waals surface area contributed by atoms with Gasteiger partial charge in [0.25, 0.3) is 0 Å². The summed E-state index contributed by atoms with van der Waals surface area (Å²) in [6.45, 7) is 2.23. The van der Waals surface area contributed by atoms with Crippen LogP contribution in [0.2, 0.25) is 0 Å². The van der Waals surface area contributed by atoms with Crippen molar-refractivity contribution in [1.29, 1.82) is 0 Å². The summed E-state index contributed by atoms with van der Waals surface area (Å²) >= 11 is 0. The van der Waals surface area contributed by atoms with Crippen LogP contribution < -0.4 is 0 Å². The molecule has 0 spiro atoms. The maximum atomic E-state index is 14.1. The molecule has 0 aromatic heterocycles. The minimum atomic E-state index is -0.123. The Balaban J connectivity index is 1.38. The van der Waals surface area contributed by atoms with Gasteiger partial charge in [0.05, 0.1) is 0 Å². The molecule has 2 heteroatoms. The second kappa shape index (κ2) is 7.76. The highest BCUT2D eigenvalue weighted by atomic mass is 16.1. The second-order valence-corrected chi connectivity index (χ2v) is 11.8. The van der Waals surface area contributed by atoms with Crippen LogP contribution in [-0.2, 0) is 6.42 Å². The minimum absolute atomic E-state index is 0.0118. The number of benzene rings is 5. The van der Waals surface area contributed by atoms with Gasteiger partial charge in [0, 0.05) is 29.4 Å². The first-order chi connectivity index (χ1) is 19.6. The van der Waals surface area contributed by atoms with Crippen LogP contribution in [0.15, 0.2) is 97.1 Å². The van der Waals surface area contributed by atoms with Gasteiger partial charge in [-0.25, -0.2) is 0 Å². The first-order valence-corrected chi connectivity index (χ1v) is 14.3. The van der Waals surface area contributed by atoms with Crippen molar-refractivity contribution in [2.75, 3.05) is 0 Å². The Morgan fingerprint density at radius 1 is 0.525 bits per heavy atom. The van der Waals surface area contributed by atoms with E-state index in [2.05, 4.69) is 67.6 Å². The van der Waals surface area contributed by atoms with Crippen LogP contribution in [0.3, 0.4) is 0 Å². The molecule has 0 amide bonds. The monoisotopic (exact) mass is 514 g/mol. The van der Waals surface area contributed by atoms with Crippen molar-refractivity contribution in [2.45, 2.75) is 31.6 Å². The fourth-order valence-corrected chi connectivity index (χ4v) is 8.29. The third-order valence-corrected chi connectivity index (χ3v) is 10.1. The van der Waals surface area contributed by atoms with Gasteiger partial charge in [-0.05, 0) is 79.1 Å². The highest BCUT2D eigenvalue weighted by molar-refractivity contribution is 6.09. The molecule has 9 rings (SSSR count). The topological polar surface area (TPSA) is 34.1 Å². The summed E-state index contributed by atoms with van der Waals surface area (Å²) in [5.74, 6) is 0.363. The smallest absolute Gasteiger partial charge is 0.167 e. The third-order valence-electron chi connectivity index (χ3n) is 10.1. The Morgan fingerprint density at radius 2 is 1.10 bits per heavy atom. The van der Waals surface area contributed by atoms with Crippen molar-refractivity contribution in [2.24, 2.45) is 5.92 Å². The summed E-state index contributed by atoms with van der Waals surface area (Å²) in [5.41, 5.74) is 16.1. The quantitative estimate of drug-likeness (QED) is 0.207. The highest BCUT2D eigenvalue weighted by Crippen LogP contribution is 2.58. The predicted molar refractivity (Wildman–Crippen MR) is 159 cm³/mol. The zero-order chi connectivity index (χ0) is 26.7. The van der Waals surface area contributed by atoms with E-state index in [1.807, 2.05) is 36.4 Å². The number of hydrogen-bond acceptors (Lipinski definition) is 2. The Kier molecular flexibility index (Phi) is 4.32. The molecule has 2 bridgehead atoms. The molecular weight excluding hydrogens is 488 g/mol. The highest BCUT2D eigenvalue weighted by Gasteiger charge is 2.43. The largest absolute Gasteiger partial charge is 0.294 e. The first-order valence-electron chi connectivity index (χ1n) is 14.3. The van der Waals surface area contributed by atoms with Gasteiger partial charge >= 0.3 is 0 Å². The number of rotatable bonds is 0. The lowest BCUT2D eigenvalue weighted by Gasteiger charge is -2.25. The first kappa shape index (κ1) is 22.3. The van der Waals surface area contributed by atoms with E-state index in [1.54, 1.807) is 0 Å². The van der Waals surface area contributed by atoms with E-state index in [9.17, 15) is 9.59 Å². The summed E-state index contributed by atoms with van der Waals surface area (Å²) < 4.78 is 0. The van der Waals surface area contributed by atoms with Crippen LogP contribution in [0.4, 0.5) is 0 Å². The fourth-order valence-electron chi connectivity index (χ4n) is 8.29. The van der Waals surface area contributed by atoms with Crippen LogP contribution >= 0.6 is 0 Å². The number of fused-ring (bicyclic) bond motifs is 11. The van der Waals surface area contributed by atoms with Gasteiger partial charge in [0.2, 0.25) is 0 Å². The Morgan fingerprint density at radius 3 is 1.88 bits per heavy atom. The van der Waals surface area contributed by atoms with Crippen molar-refractivity contribution in [3.8, 4) is 44.5 Å². The molecule has 4 aliphatic carbocycles. The van der Waals surface area contributed by atoms with Gasteiger partial charge in [0.15, 0.2) is 11.6 Å². The minimum Gasteiger partial charge on any atom is -0.294 e. The van der Waals surface area contributed by atoms with E-state index in [1.165, 1.54) is 55.6 Å². The fraction of sp³-hybridized carbons (Fsp3) is 0.158. The molecule has 0 heterocycles. The maximum absolute atomic E-state index is 14.1. The van der Waals surface area contributed by atoms with E-state index < -0.39 is 0 Å². The van der Waals surface area contributed by atoms with Crippen molar-refractivity contribution >= 4 is 11.6 Å². The Labute approximate surface area is 233 Å². The summed E-state index contributed by atoms with van der Waals surface area (Å²) in [7, 11) is 0. The molecule has 1 unspecified atom stereocenters. The summed E-state index contributed by atoms with van der Waals surface area (Å²) in [6, 6.07) is 33.9. The lowest BCUT2D eigenvalue weighted by Crippen LogP contribution is -2.22. The molecule has 0 aliphatic heterocycles. The van der Waals surface area contributed by atoms with Crippen molar-refractivity contribution < 1.29 is 9.59 Å². The molecule has 190 valence electrons. The second-order valence-electron chi connectivity index (χ2n) is 11.8. The van der Waals surface area contributed by atoms with Crippen LogP contribution in [0.5, 0.6) is 0 Å². The SMILES string of the molecule is C[C@@H]1c2ccc3c(c2-c2cccc4c2C[C@H]1C(=O)c1ccccc1-4)C1CC(=O)c2ccccc2-c2cccc-3c21. The summed E-state index contributed by atoms with van der Waals surface area (Å²) in [4.78, 5) is 27.9. The Hall–Kier alpha value is -4.56. The Bertz CT molecular complexity index is 1980. The molecular formula is C38H26O2. The number of Topliss-reactive ketones (excluding diaryl/α,β-unsaturated/α-hetero) is 2. The number of ketones is 2. The summed E-state index contributed by atoms with van der Waals surface area (Å²) in [6.07, 6.45) is 1.19. The predicted octanol–water partition coefficient (Wildman–Crippen LogP) is 8.86. The van der Waals surface area contributed by atoms with Crippen LogP contribution in [0.1, 0.15) is 68.2 Å². The average Bonchev–Trinajstić information content (AvgIpc) is 3.08. The van der Waals surface area contributed by atoms with E-state index in [0.717, 1.165) is 28.7 Å². The maximum Gasteiger partial charge on any atom is 0.167 e. The van der Waals surface area contributed by atoms with Gasteiger partial charge in [-0.2, -0.15) is 0 Å². The molecule has 3 atom stereocenters. The van der Waals surface area contributed by atoms with Crippen molar-refractivity contribution in [3.63, 3.8) is 0 Å². The molecule has 5 aromatic carbocycles. The molecule has 0 N–H and O–H groups in total. The summed E-state index contributed by atoms with van der Waals surface area (Å²) in [5, 5.41) is 0. The van der Waals surface area contributed by atoms with Crippen LogP contribution in [0.25, 0.3) is 44.5 Å². The third kappa shape index (κ3) is 2.69. The normalized spacial score (nSPS) is 20.8. The molecule has 0 saturated heterocycles. The van der Waals surface area contributed by atoms with Crippen LogP contribution in [0, 0.1) is 5.92 Å². The van der Waals surface area contributed by atoms with E-state index in [-0.39, 0.29) is 29.3 Å². The molecule has 0 radical (unpaired) electrons. The standard InChI is InChI=1S/C38H26O2/c1-20-21-16-17-29-27-14-7-13-26-24-9-2-4-10-25(24)34(39)19-33(35(26)27)37(29)36(21)28-15-6-12-23-22-8-3-5-11-30(22)38(40)31(20)18-32(23)28/h2-17,20,31,33H,18-19H2,1H3/t20-,31-,33?/m1/s1. The van der Waals surface area contributed by atoms with Gasteiger partial charge in [0.1, 0.15) is 0 Å². The lowest BCUT2D eigenvalue weighted by atomic mass is 9.77. The number of carbonyl (C=O) groups is 2. The molecule has 5 aromatic rings. The van der Waals surface area contributed by atoms with Gasteiger partial charge in [-0.3, -0.25) is 9.59 Å².